The maximum Gasteiger partial charge on any atom is 0.240 e. The van der Waals surface area contributed by atoms with Crippen molar-refractivity contribution in [1.29, 1.82) is 0 Å². The smallest absolute Gasteiger partial charge is 0.240 e. The van der Waals surface area contributed by atoms with E-state index in [0.29, 0.717) is 18.3 Å². The molecule has 0 bridgehead atoms. The second-order valence-corrected chi connectivity index (χ2v) is 8.40. The Morgan fingerprint density at radius 3 is 3.14 bits per heavy atom. The van der Waals surface area contributed by atoms with E-state index in [0.717, 1.165) is 54.9 Å². The number of carbonyl (C=O) groups excluding carboxylic acids is 1. The summed E-state index contributed by atoms with van der Waals surface area (Å²) in [6.07, 6.45) is 3.03. The predicted molar refractivity (Wildman–Crippen MR) is 109 cm³/mol. The predicted octanol–water partition coefficient (Wildman–Crippen LogP) is 2.90. The fraction of sp³-hybridized carbons (Fsp3) is 0.600. The highest BCUT2D eigenvalue weighted by atomic mass is 32.1. The number of anilines is 1. The summed E-state index contributed by atoms with van der Waals surface area (Å²) in [7, 11) is 1.75. The number of hydrogen-bond donors (Lipinski definition) is 1. The first-order valence-electron chi connectivity index (χ1n) is 9.84. The number of nitrogens with one attached hydrogen (secondary N) is 1. The zero-order valence-electron chi connectivity index (χ0n) is 16.4. The van der Waals surface area contributed by atoms with Crippen molar-refractivity contribution in [3.63, 3.8) is 0 Å². The summed E-state index contributed by atoms with van der Waals surface area (Å²) in [5.41, 5.74) is 0.599. The Morgan fingerprint density at radius 2 is 2.39 bits per heavy atom. The van der Waals surface area contributed by atoms with Gasteiger partial charge < -0.3 is 19.5 Å². The van der Waals surface area contributed by atoms with Crippen LogP contribution < -0.4 is 10.1 Å². The number of piperidine rings is 1. The first-order chi connectivity index (χ1) is 13.6. The molecular formula is C20H27N3O4S. The first kappa shape index (κ1) is 19.6. The highest BCUT2D eigenvalue weighted by molar-refractivity contribution is 7.22. The van der Waals surface area contributed by atoms with Gasteiger partial charge in [-0.3, -0.25) is 9.69 Å². The van der Waals surface area contributed by atoms with Crippen molar-refractivity contribution >= 4 is 32.6 Å². The van der Waals surface area contributed by atoms with E-state index in [4.69, 9.17) is 14.2 Å². The molecule has 2 aromatic rings. The minimum absolute atomic E-state index is 0.0481. The van der Waals surface area contributed by atoms with Crippen LogP contribution in [0.3, 0.4) is 0 Å². The van der Waals surface area contributed by atoms with Gasteiger partial charge in [0.15, 0.2) is 5.13 Å². The standard InChI is InChI=1S/C20H27N3O4S/c1-3-26-14-5-6-15-16(11-14)28-19(21-15)22-18(24)12-23-9-7-17(25-2)20(13-23)8-4-10-27-20/h5-6,11,17H,3-4,7-10,12-13H2,1-2H3,(H,21,22,24)/t17-,20-/m1/s1. The summed E-state index contributed by atoms with van der Waals surface area (Å²) in [6.45, 7) is 5.25. The Bertz CT molecular complexity index is 834. The molecule has 0 radical (unpaired) electrons. The average Bonchev–Trinajstić information content (AvgIpc) is 3.28. The number of ether oxygens (including phenoxy) is 3. The number of nitrogens with zero attached hydrogens (tertiary/aromatic N) is 2. The number of hydrogen-bond acceptors (Lipinski definition) is 7. The lowest BCUT2D eigenvalue weighted by atomic mass is 9.87. The Morgan fingerprint density at radius 1 is 1.50 bits per heavy atom. The number of carbonyl (C=O) groups is 1. The molecule has 28 heavy (non-hydrogen) atoms. The number of benzene rings is 1. The largest absolute Gasteiger partial charge is 0.494 e. The number of thiazole rings is 1. The van der Waals surface area contributed by atoms with Gasteiger partial charge >= 0.3 is 0 Å². The molecule has 2 atom stereocenters. The van der Waals surface area contributed by atoms with E-state index in [1.807, 2.05) is 25.1 Å². The molecule has 3 heterocycles. The van der Waals surface area contributed by atoms with E-state index in [2.05, 4.69) is 15.2 Å². The van der Waals surface area contributed by atoms with E-state index in [9.17, 15) is 4.79 Å². The van der Waals surface area contributed by atoms with Crippen LogP contribution in [0.1, 0.15) is 26.2 Å². The number of aromatic nitrogens is 1. The lowest BCUT2D eigenvalue weighted by Crippen LogP contribution is -2.58. The zero-order chi connectivity index (χ0) is 19.6. The third-order valence-corrected chi connectivity index (χ3v) is 6.42. The summed E-state index contributed by atoms with van der Waals surface area (Å²) < 4.78 is 18.3. The molecule has 4 rings (SSSR count). The molecule has 152 valence electrons. The molecule has 2 saturated heterocycles. The molecule has 1 aromatic heterocycles. The van der Waals surface area contributed by atoms with Crippen molar-refractivity contribution in [3.05, 3.63) is 18.2 Å². The number of methoxy groups -OCH3 is 1. The topological polar surface area (TPSA) is 72.9 Å². The molecule has 7 nitrogen and oxygen atoms in total. The average molecular weight is 406 g/mol. The highest BCUT2D eigenvalue weighted by Gasteiger charge is 2.47. The molecule has 2 fully saturated rings. The number of rotatable bonds is 6. The van der Waals surface area contributed by atoms with Gasteiger partial charge in [-0.25, -0.2) is 4.98 Å². The van der Waals surface area contributed by atoms with Gasteiger partial charge in [0, 0.05) is 26.8 Å². The fourth-order valence-corrected chi connectivity index (χ4v) is 5.17. The van der Waals surface area contributed by atoms with E-state index in [-0.39, 0.29) is 17.6 Å². The second kappa shape index (κ2) is 8.32. The van der Waals surface area contributed by atoms with Crippen LogP contribution in [0.2, 0.25) is 0 Å². The van der Waals surface area contributed by atoms with E-state index >= 15 is 0 Å². The summed E-state index contributed by atoms with van der Waals surface area (Å²) >= 11 is 1.46. The van der Waals surface area contributed by atoms with E-state index < -0.39 is 0 Å². The third-order valence-electron chi connectivity index (χ3n) is 5.49. The molecule has 0 unspecified atom stereocenters. The molecule has 1 aromatic carbocycles. The summed E-state index contributed by atoms with van der Waals surface area (Å²) in [5, 5.41) is 3.57. The Balaban J connectivity index is 1.38. The van der Waals surface area contributed by atoms with Crippen LogP contribution in [0.15, 0.2) is 18.2 Å². The number of amides is 1. The van der Waals surface area contributed by atoms with Gasteiger partial charge in [-0.05, 0) is 44.4 Å². The molecule has 2 aliphatic heterocycles. The lowest BCUT2D eigenvalue weighted by Gasteiger charge is -2.44. The maximum atomic E-state index is 12.6. The van der Waals surface area contributed by atoms with Crippen LogP contribution in [-0.2, 0) is 14.3 Å². The van der Waals surface area contributed by atoms with Crippen LogP contribution in [0.4, 0.5) is 5.13 Å². The maximum absolute atomic E-state index is 12.6. The monoisotopic (exact) mass is 405 g/mol. The van der Waals surface area contributed by atoms with Gasteiger partial charge in [0.2, 0.25) is 5.91 Å². The molecule has 1 spiro atoms. The highest BCUT2D eigenvalue weighted by Crippen LogP contribution is 2.36. The Hall–Kier alpha value is -1.74. The van der Waals surface area contributed by atoms with Gasteiger partial charge in [-0.2, -0.15) is 0 Å². The first-order valence-corrected chi connectivity index (χ1v) is 10.7. The van der Waals surface area contributed by atoms with Crippen molar-refractivity contribution in [3.8, 4) is 5.75 Å². The molecule has 1 amide bonds. The summed E-state index contributed by atoms with van der Waals surface area (Å²) in [5.74, 6) is 0.771. The Labute approximate surface area is 169 Å². The van der Waals surface area contributed by atoms with Gasteiger partial charge in [0.25, 0.3) is 0 Å². The summed E-state index contributed by atoms with van der Waals surface area (Å²) in [6, 6.07) is 5.78. The van der Waals surface area contributed by atoms with Crippen molar-refractivity contribution in [2.75, 3.05) is 45.3 Å². The lowest BCUT2D eigenvalue weighted by molar-refractivity contribution is -0.146. The van der Waals surface area contributed by atoms with Crippen molar-refractivity contribution in [2.45, 2.75) is 37.9 Å². The van der Waals surface area contributed by atoms with Gasteiger partial charge in [-0.15, -0.1) is 0 Å². The second-order valence-electron chi connectivity index (χ2n) is 7.37. The van der Waals surface area contributed by atoms with Crippen molar-refractivity contribution in [2.24, 2.45) is 0 Å². The van der Waals surface area contributed by atoms with Crippen LogP contribution in [-0.4, -0.2) is 67.5 Å². The fourth-order valence-electron chi connectivity index (χ4n) is 4.26. The van der Waals surface area contributed by atoms with Gasteiger partial charge in [-0.1, -0.05) is 11.3 Å². The minimum atomic E-state index is -0.265. The Kier molecular flexibility index (Phi) is 5.82. The number of likely N-dealkylation sites (tertiary alicyclic amines) is 1. The quantitative estimate of drug-likeness (QED) is 0.797. The van der Waals surface area contributed by atoms with Crippen molar-refractivity contribution < 1.29 is 19.0 Å². The van der Waals surface area contributed by atoms with Gasteiger partial charge in [0.05, 0.1) is 29.5 Å². The number of fused-ring (bicyclic) bond motifs is 1. The van der Waals surface area contributed by atoms with Crippen molar-refractivity contribution in [1.82, 2.24) is 9.88 Å². The third kappa shape index (κ3) is 4.00. The SMILES string of the molecule is CCOc1ccc2nc(NC(=O)CN3CC[C@@H](OC)[C@@]4(CCCO4)C3)sc2c1. The molecular weight excluding hydrogens is 378 g/mol. The molecule has 1 N–H and O–H groups in total. The zero-order valence-corrected chi connectivity index (χ0v) is 17.2. The molecule has 2 aliphatic rings. The van der Waals surface area contributed by atoms with E-state index in [1.165, 1.54) is 11.3 Å². The minimum Gasteiger partial charge on any atom is -0.494 e. The molecule has 0 aliphatic carbocycles. The van der Waals surface area contributed by atoms with E-state index in [1.54, 1.807) is 7.11 Å². The van der Waals surface area contributed by atoms with Gasteiger partial charge in [0.1, 0.15) is 11.4 Å². The summed E-state index contributed by atoms with van der Waals surface area (Å²) in [4.78, 5) is 19.3. The molecule has 0 saturated carbocycles. The normalized spacial score (nSPS) is 25.4. The van der Waals surface area contributed by atoms with Crippen LogP contribution >= 0.6 is 11.3 Å². The van der Waals surface area contributed by atoms with Crippen LogP contribution in [0.5, 0.6) is 5.75 Å². The molecule has 8 heteroatoms. The van der Waals surface area contributed by atoms with Crippen LogP contribution in [0, 0.1) is 0 Å². The van der Waals surface area contributed by atoms with Crippen LogP contribution in [0.25, 0.3) is 10.2 Å².